The van der Waals surface area contributed by atoms with Crippen LogP contribution in [-0.2, 0) is 27.3 Å². The molecule has 0 spiro atoms. The van der Waals surface area contributed by atoms with Crippen LogP contribution >= 0.6 is 23.2 Å². The number of rotatable bonds is 14. The number of carboxylic acids is 1. The van der Waals surface area contributed by atoms with E-state index >= 15 is 0 Å². The molecule has 5 N–H and O–H groups in total. The predicted octanol–water partition coefficient (Wildman–Crippen LogP) is 5.36. The fraction of sp³-hybridized carbons (Fsp3) is 0.581. The molecule has 0 bridgehead atoms. The molecule has 0 radical (unpaired) electrons. The molecule has 0 saturated heterocycles. The standard InChI is InChI=1S/C19H23Cl2N5O2.C10H18O3.C2H6/c1-22-4-7-26-6-3-15(24-26)11-8-13(20)18(21)19-17(11)12-9-25(16(28)10-27)5-2-14(12)23-19;11-9-7-5-3-1-2-4-6-8-10(12)13;1-2/h3,6,8,15,22-24,27H,2,4-5,7,9-10H2,1H3;9H,1-8H2,(H,12,13);1-2H3. The highest BCUT2D eigenvalue weighted by Crippen LogP contribution is 2.41. The fourth-order valence-corrected chi connectivity index (χ4v) is 5.55. The van der Waals surface area contributed by atoms with Crippen LogP contribution in [-0.4, -0.2) is 76.6 Å². The third-order valence-electron chi connectivity index (χ3n) is 7.32. The molecular formula is C31H47Cl2N5O5. The summed E-state index contributed by atoms with van der Waals surface area (Å²) in [6.45, 7) is 6.22. The zero-order chi connectivity index (χ0) is 31.8. The first-order valence-electron chi connectivity index (χ1n) is 15.2. The third kappa shape index (κ3) is 10.8. The highest BCUT2D eigenvalue weighted by molar-refractivity contribution is 6.45. The number of fused-ring (bicyclic) bond motifs is 3. The van der Waals surface area contributed by atoms with E-state index in [9.17, 15) is 19.5 Å². The van der Waals surface area contributed by atoms with Gasteiger partial charge in [-0.15, -0.1) is 0 Å². The van der Waals surface area contributed by atoms with Gasteiger partial charge in [0, 0.05) is 68.3 Å². The van der Waals surface area contributed by atoms with Gasteiger partial charge in [-0.05, 0) is 37.6 Å². The number of hydrogen-bond donors (Lipinski definition) is 5. The lowest BCUT2D eigenvalue weighted by molar-refractivity contribution is -0.137. The van der Waals surface area contributed by atoms with Crippen LogP contribution in [0.5, 0.6) is 0 Å². The summed E-state index contributed by atoms with van der Waals surface area (Å²) < 4.78 is 0. The smallest absolute Gasteiger partial charge is 0.303 e. The molecule has 3 heterocycles. The number of aldehydes is 1. The second kappa shape index (κ2) is 19.6. The van der Waals surface area contributed by atoms with E-state index in [2.05, 4.69) is 21.8 Å². The highest BCUT2D eigenvalue weighted by Gasteiger charge is 2.29. The summed E-state index contributed by atoms with van der Waals surface area (Å²) in [5.74, 6) is -0.973. The van der Waals surface area contributed by atoms with Gasteiger partial charge in [0.1, 0.15) is 12.9 Å². The van der Waals surface area contributed by atoms with E-state index in [1.165, 1.54) is 0 Å². The number of nitrogens with zero attached hydrogens (tertiary/aromatic N) is 2. The SMILES string of the molecule is CC.CNCCN1C=CC(c2cc(Cl)c(Cl)c3[nH]c4c(c23)CN(C(=O)CO)CC4)N1.O=CCCCCCCCCC(=O)O. The molecule has 43 heavy (non-hydrogen) atoms. The lowest BCUT2D eigenvalue weighted by Crippen LogP contribution is -2.37. The third-order valence-corrected chi connectivity index (χ3v) is 8.11. The minimum absolute atomic E-state index is 0.0436. The van der Waals surface area contributed by atoms with Gasteiger partial charge in [0.05, 0.1) is 21.6 Å². The van der Waals surface area contributed by atoms with E-state index in [-0.39, 0.29) is 18.4 Å². The van der Waals surface area contributed by atoms with E-state index in [1.807, 2.05) is 38.2 Å². The number of aliphatic hydroxyl groups is 1. The van der Waals surface area contributed by atoms with E-state index in [4.69, 9.17) is 28.3 Å². The molecule has 0 fully saturated rings. The van der Waals surface area contributed by atoms with Crippen molar-refractivity contribution in [2.45, 2.75) is 84.2 Å². The molecule has 1 atom stereocenters. The van der Waals surface area contributed by atoms with Gasteiger partial charge in [-0.1, -0.05) is 62.7 Å². The number of aromatic amines is 1. The van der Waals surface area contributed by atoms with E-state index in [0.717, 1.165) is 85.6 Å². The Morgan fingerprint density at radius 3 is 2.49 bits per heavy atom. The quantitative estimate of drug-likeness (QED) is 0.137. The molecule has 1 aromatic heterocycles. The number of hydrazine groups is 1. The summed E-state index contributed by atoms with van der Waals surface area (Å²) in [4.78, 5) is 37.2. The lowest BCUT2D eigenvalue weighted by Gasteiger charge is -2.27. The lowest BCUT2D eigenvalue weighted by atomic mass is 9.96. The Bertz CT molecular complexity index is 1220. The van der Waals surface area contributed by atoms with Crippen molar-refractivity contribution in [3.8, 4) is 0 Å². The van der Waals surface area contributed by atoms with Crippen molar-refractivity contribution in [1.29, 1.82) is 0 Å². The molecule has 240 valence electrons. The first-order chi connectivity index (χ1) is 20.8. The Morgan fingerprint density at radius 2 is 1.84 bits per heavy atom. The number of hydrogen-bond acceptors (Lipinski definition) is 7. The Labute approximate surface area is 264 Å². The molecule has 10 nitrogen and oxygen atoms in total. The average molecular weight is 641 g/mol. The molecule has 2 aliphatic heterocycles. The van der Waals surface area contributed by atoms with Gasteiger partial charge in [0.2, 0.25) is 5.91 Å². The molecule has 0 saturated carbocycles. The number of carbonyl (C=O) groups excluding carboxylic acids is 2. The number of aliphatic hydroxyl groups excluding tert-OH is 1. The molecule has 1 aromatic carbocycles. The molecule has 2 aromatic rings. The number of aromatic nitrogens is 1. The maximum Gasteiger partial charge on any atom is 0.303 e. The number of carboxylic acid groups (broad SMARTS) is 1. The Kier molecular flexibility index (Phi) is 16.7. The maximum absolute atomic E-state index is 12.0. The van der Waals surface area contributed by atoms with Crippen LogP contribution in [0.4, 0.5) is 0 Å². The topological polar surface area (TPSA) is 138 Å². The highest BCUT2D eigenvalue weighted by atomic mass is 35.5. The molecule has 1 amide bonds. The van der Waals surface area contributed by atoms with Gasteiger partial charge in [0.15, 0.2) is 0 Å². The molecule has 1 unspecified atom stereocenters. The van der Waals surface area contributed by atoms with Crippen molar-refractivity contribution >= 4 is 52.3 Å². The van der Waals surface area contributed by atoms with Crippen LogP contribution in [0.15, 0.2) is 18.3 Å². The number of likely N-dealkylation sites (N-methyl/N-ethyl adjacent to an activating group) is 1. The Morgan fingerprint density at radius 1 is 1.14 bits per heavy atom. The van der Waals surface area contributed by atoms with Crippen LogP contribution in [0, 0.1) is 0 Å². The number of halogens is 2. The number of H-pyrrole nitrogens is 1. The van der Waals surface area contributed by atoms with Crippen LogP contribution in [0.2, 0.25) is 10.0 Å². The number of aliphatic carboxylic acids is 1. The average Bonchev–Trinajstić information content (AvgIpc) is 3.65. The van der Waals surface area contributed by atoms with Crippen LogP contribution < -0.4 is 10.7 Å². The Balaban J connectivity index is 0.000000365. The van der Waals surface area contributed by atoms with E-state index in [0.29, 0.717) is 36.0 Å². The van der Waals surface area contributed by atoms with Crippen LogP contribution in [0.3, 0.4) is 0 Å². The normalized spacial score (nSPS) is 15.4. The van der Waals surface area contributed by atoms with Crippen molar-refractivity contribution in [3.05, 3.63) is 45.2 Å². The number of benzene rings is 1. The number of unbranched alkanes of at least 4 members (excludes halogenated alkanes) is 6. The Hall–Kier alpha value is -2.63. The molecule has 12 heteroatoms. The van der Waals surface area contributed by atoms with Gasteiger partial charge < -0.3 is 35.2 Å². The first-order valence-corrected chi connectivity index (χ1v) is 16.0. The van der Waals surface area contributed by atoms with E-state index < -0.39 is 12.6 Å². The predicted molar refractivity (Wildman–Crippen MR) is 172 cm³/mol. The zero-order valence-corrected chi connectivity index (χ0v) is 27.1. The minimum atomic E-state index is -0.707. The summed E-state index contributed by atoms with van der Waals surface area (Å²) in [7, 11) is 1.92. The number of amides is 1. The maximum atomic E-state index is 12.0. The van der Waals surface area contributed by atoms with Crippen LogP contribution in [0.1, 0.15) is 88.1 Å². The summed E-state index contributed by atoms with van der Waals surface area (Å²) in [6.07, 6.45) is 12.7. The van der Waals surface area contributed by atoms with E-state index in [1.54, 1.807) is 4.90 Å². The summed E-state index contributed by atoms with van der Waals surface area (Å²) in [5, 5.41) is 24.7. The van der Waals surface area contributed by atoms with Crippen LogP contribution in [0.25, 0.3) is 10.9 Å². The summed E-state index contributed by atoms with van der Waals surface area (Å²) in [5.41, 5.74) is 7.40. The van der Waals surface area contributed by atoms with Crippen molar-refractivity contribution in [3.63, 3.8) is 0 Å². The van der Waals surface area contributed by atoms with Crippen molar-refractivity contribution in [2.75, 3.05) is 33.3 Å². The zero-order valence-electron chi connectivity index (χ0n) is 25.6. The van der Waals surface area contributed by atoms with Crippen molar-refractivity contribution in [2.24, 2.45) is 0 Å². The number of carbonyl (C=O) groups is 3. The largest absolute Gasteiger partial charge is 0.481 e. The summed E-state index contributed by atoms with van der Waals surface area (Å²) >= 11 is 12.9. The molecule has 0 aliphatic carbocycles. The van der Waals surface area contributed by atoms with Gasteiger partial charge in [-0.2, -0.15) is 0 Å². The van der Waals surface area contributed by atoms with Gasteiger partial charge in [-0.25, -0.2) is 5.43 Å². The minimum Gasteiger partial charge on any atom is -0.481 e. The second-order valence-corrected chi connectivity index (χ2v) is 11.1. The van der Waals surface area contributed by atoms with Gasteiger partial charge in [0.25, 0.3) is 0 Å². The van der Waals surface area contributed by atoms with Gasteiger partial charge in [-0.3, -0.25) is 9.59 Å². The molecular weight excluding hydrogens is 593 g/mol. The number of nitrogens with one attached hydrogen (secondary N) is 3. The fourth-order valence-electron chi connectivity index (χ4n) is 5.14. The monoisotopic (exact) mass is 639 g/mol. The molecule has 4 rings (SSSR count). The summed E-state index contributed by atoms with van der Waals surface area (Å²) in [6, 6.07) is 1.86. The van der Waals surface area contributed by atoms with Gasteiger partial charge >= 0.3 is 5.97 Å². The van der Waals surface area contributed by atoms with Crippen molar-refractivity contribution in [1.82, 2.24) is 25.6 Å². The van der Waals surface area contributed by atoms with Crippen molar-refractivity contribution < 1.29 is 24.6 Å². The first kappa shape index (κ1) is 36.6. The second-order valence-electron chi connectivity index (χ2n) is 10.3. The molecule has 2 aliphatic rings.